The number of hydrogen-bond donors (Lipinski definition) is 2. The fourth-order valence-corrected chi connectivity index (χ4v) is 16.1. The van der Waals surface area contributed by atoms with Crippen LogP contribution in [-0.4, -0.2) is 293 Å². The molecule has 22 nitrogen and oxygen atoms in total. The van der Waals surface area contributed by atoms with Crippen molar-refractivity contribution in [2.45, 2.75) is 245 Å². The summed E-state index contributed by atoms with van der Waals surface area (Å²) in [6.07, 6.45) is -1.12. The number of ketones is 2. The van der Waals surface area contributed by atoms with Crippen molar-refractivity contribution in [2.24, 2.45) is 46.3 Å². The molecule has 1 amide bonds. The van der Waals surface area contributed by atoms with Crippen molar-refractivity contribution in [3.8, 4) is 0 Å². The molecule has 22 heteroatoms. The molecule has 5 unspecified atom stereocenters. The molecule has 0 radical (unpaired) electrons. The molecular weight excluding hydrogens is 1170 g/mol. The van der Waals surface area contributed by atoms with Crippen molar-refractivity contribution in [1.82, 2.24) is 34.3 Å². The Balaban J connectivity index is 1.17. The monoisotopic (exact) mass is 1290 g/mol. The standard InChI is InChI=1S/C69H125N7O15/c1-41(2)74(21)55(77)38-75-35-49(36-75)54-40-87-65(83)67(11,12)59(81)47(8)61(69(14,85-23)32-43(4)34-73(54)20)91-63-57(79)52(71(17)18)30-50(89-63)27-26-44(5)76-28-24-25-48(37-76)53-39-86-64(82)66(9,10)58(80)46(7)60(68(13,84-22)31-42(3)33-72(53)19)90-62-56(78)51(70(15)16)29-45(6)88-62/h41-54,56-57,60-63,78-79H,24-40H2,1-23H3/t42-,43-,44?,45?,46+,47+,48-,50-,51?,52+,53-,54?,56-,57-,60-,61-,62?,63+,68-,69-/m1/s1. The number of carbonyl (C=O) groups is 5. The van der Waals surface area contributed by atoms with Crippen LogP contribution in [0.5, 0.6) is 0 Å². The molecule has 91 heavy (non-hydrogen) atoms. The summed E-state index contributed by atoms with van der Waals surface area (Å²) in [7, 11) is 17.0. The molecule has 0 bridgehead atoms. The quantitative estimate of drug-likeness (QED) is 0.139. The van der Waals surface area contributed by atoms with Crippen molar-refractivity contribution in [3.63, 3.8) is 0 Å². The number of ether oxygens (including phenoxy) is 8. The Morgan fingerprint density at radius 1 is 0.648 bits per heavy atom. The number of amides is 1. The molecule has 6 aliphatic heterocycles. The number of hydrogen-bond acceptors (Lipinski definition) is 21. The van der Waals surface area contributed by atoms with Crippen LogP contribution in [0.4, 0.5) is 0 Å². The highest BCUT2D eigenvalue weighted by Gasteiger charge is 2.55. The van der Waals surface area contributed by atoms with Gasteiger partial charge in [0.1, 0.15) is 36.3 Å². The molecule has 0 aromatic heterocycles. The summed E-state index contributed by atoms with van der Waals surface area (Å²) in [6, 6.07) is -0.653. The van der Waals surface area contributed by atoms with Crippen LogP contribution in [0.3, 0.4) is 0 Å². The van der Waals surface area contributed by atoms with E-state index in [-0.39, 0.29) is 103 Å². The lowest BCUT2D eigenvalue weighted by molar-refractivity contribution is -0.298. The Bertz CT molecular complexity index is 2400. The third-order valence-electron chi connectivity index (χ3n) is 22.4. The third kappa shape index (κ3) is 18.3. The number of carbonyl (C=O) groups excluding carboxylic acids is 5. The number of cyclic esters (lactones) is 2. The van der Waals surface area contributed by atoms with E-state index in [0.717, 1.165) is 32.4 Å². The van der Waals surface area contributed by atoms with Crippen LogP contribution in [0.25, 0.3) is 0 Å². The van der Waals surface area contributed by atoms with Gasteiger partial charge in [0.2, 0.25) is 5.91 Å². The number of aliphatic hydroxyl groups is 2. The Labute approximate surface area is 547 Å². The van der Waals surface area contributed by atoms with E-state index in [2.05, 4.69) is 47.4 Å². The lowest BCUT2D eigenvalue weighted by Gasteiger charge is -2.48. The minimum atomic E-state index is -1.55. The molecule has 526 valence electrons. The largest absolute Gasteiger partial charge is 0.463 e. The van der Waals surface area contributed by atoms with Gasteiger partial charge in [-0.2, -0.15) is 0 Å². The average molecular weight is 1290 g/mol. The molecule has 0 aromatic rings. The van der Waals surface area contributed by atoms with Gasteiger partial charge in [-0.25, -0.2) is 0 Å². The third-order valence-corrected chi connectivity index (χ3v) is 22.4. The Kier molecular flexibility index (Phi) is 27.2. The van der Waals surface area contributed by atoms with Crippen LogP contribution in [0.1, 0.15) is 148 Å². The number of rotatable bonds is 17. The first kappa shape index (κ1) is 77.2. The highest BCUT2D eigenvalue weighted by molar-refractivity contribution is 6.05. The van der Waals surface area contributed by atoms with Crippen LogP contribution >= 0.6 is 0 Å². The zero-order chi connectivity index (χ0) is 68.2. The zero-order valence-corrected chi connectivity index (χ0v) is 60.4. The van der Waals surface area contributed by atoms with Crippen LogP contribution in [-0.2, 0) is 61.9 Å². The number of nitrogens with zero attached hydrogens (tertiary/aromatic N) is 7. The van der Waals surface area contributed by atoms with E-state index in [1.807, 2.05) is 86.7 Å². The Morgan fingerprint density at radius 3 is 1.55 bits per heavy atom. The van der Waals surface area contributed by atoms with Crippen molar-refractivity contribution in [1.29, 1.82) is 0 Å². The summed E-state index contributed by atoms with van der Waals surface area (Å²) in [5.41, 5.74) is -5.18. The minimum absolute atomic E-state index is 0.0185. The number of likely N-dealkylation sites (N-methyl/N-ethyl adjacent to an activating group) is 5. The van der Waals surface area contributed by atoms with E-state index in [9.17, 15) is 34.2 Å². The topological polar surface area (TPSA) is 222 Å². The predicted molar refractivity (Wildman–Crippen MR) is 349 cm³/mol. The van der Waals surface area contributed by atoms with E-state index in [1.54, 1.807) is 60.7 Å². The Morgan fingerprint density at radius 2 is 1.10 bits per heavy atom. The van der Waals surface area contributed by atoms with E-state index < -0.39 is 82.8 Å². The summed E-state index contributed by atoms with van der Waals surface area (Å²) >= 11 is 0. The van der Waals surface area contributed by atoms with Crippen molar-refractivity contribution in [2.75, 3.05) is 123 Å². The molecule has 6 rings (SSSR count). The summed E-state index contributed by atoms with van der Waals surface area (Å²) < 4.78 is 52.3. The van der Waals surface area contributed by atoms with Gasteiger partial charge in [-0.15, -0.1) is 0 Å². The molecule has 0 saturated carbocycles. The molecule has 0 aliphatic carbocycles. The van der Waals surface area contributed by atoms with Crippen molar-refractivity contribution >= 4 is 29.4 Å². The van der Waals surface area contributed by atoms with E-state index >= 15 is 0 Å². The number of esters is 2. The first-order valence-corrected chi connectivity index (χ1v) is 34.3. The van der Waals surface area contributed by atoms with E-state index in [4.69, 9.17) is 37.9 Å². The lowest BCUT2D eigenvalue weighted by Crippen LogP contribution is -2.60. The van der Waals surface area contributed by atoms with Crippen LogP contribution in [0, 0.1) is 46.3 Å². The van der Waals surface area contributed by atoms with Crippen molar-refractivity contribution < 1.29 is 72.1 Å². The van der Waals surface area contributed by atoms with Gasteiger partial charge in [0, 0.05) is 108 Å². The zero-order valence-electron chi connectivity index (χ0n) is 60.4. The molecule has 6 aliphatic rings. The molecule has 2 N–H and O–H groups in total. The fraction of sp³-hybridized carbons (Fsp3) is 0.928. The predicted octanol–water partition coefficient (Wildman–Crippen LogP) is 5.31. The highest BCUT2D eigenvalue weighted by Crippen LogP contribution is 2.42. The molecule has 6 saturated heterocycles. The second-order valence-electron chi connectivity index (χ2n) is 31.4. The maximum absolute atomic E-state index is 15.0. The van der Waals surface area contributed by atoms with Gasteiger partial charge in [0.05, 0.1) is 42.2 Å². The SMILES string of the molecule is CO[C@]1(C)C[C@@H](C)CN(C)[C@@H]([C@@H]2CCCN(C(C)CC[C@@H]3C[C@H](N(C)C)[C@@H](O)[C@H](O[C@@H]4[C@@H](C)C(=O)C(C)(C)C(=O)OCC(C5CN(CC(=O)N(C)C(C)C)C5)N(C)C[C@H](C)C[C@@]4(C)OC)O3)C2)COC(=O)C(C)(C)C(=O)[C@H](C)[C@H]1OC1OC(C)CC(N(C)C)[C@H]1O. The number of aliphatic hydroxyl groups excluding tert-OH is 2. The number of piperidine rings is 1. The molecule has 20 atom stereocenters. The first-order chi connectivity index (χ1) is 42.3. The second kappa shape index (κ2) is 32.0. The Hall–Kier alpha value is -2.81. The number of methoxy groups -OCH3 is 2. The van der Waals surface area contributed by atoms with Gasteiger partial charge in [0.15, 0.2) is 24.1 Å². The number of likely N-dealkylation sites (tertiary alicyclic amines) is 2. The summed E-state index contributed by atoms with van der Waals surface area (Å²) in [4.78, 5) is 86.3. The fourth-order valence-electron chi connectivity index (χ4n) is 16.1. The molecule has 6 fully saturated rings. The van der Waals surface area contributed by atoms with Gasteiger partial charge < -0.3 is 67.7 Å². The van der Waals surface area contributed by atoms with Gasteiger partial charge in [0.25, 0.3) is 0 Å². The maximum atomic E-state index is 15.0. The lowest BCUT2D eigenvalue weighted by atomic mass is 9.74. The molecule has 0 aromatic carbocycles. The van der Waals surface area contributed by atoms with Crippen molar-refractivity contribution in [3.05, 3.63) is 0 Å². The van der Waals surface area contributed by atoms with E-state index in [1.165, 1.54) is 0 Å². The first-order valence-electron chi connectivity index (χ1n) is 34.3. The summed E-state index contributed by atoms with van der Waals surface area (Å²) in [5, 5.41) is 23.9. The second-order valence-corrected chi connectivity index (χ2v) is 31.4. The van der Waals surface area contributed by atoms with Gasteiger partial charge in [-0.05, 0) is 187 Å². The number of Topliss-reactive ketones (excluding diaryl/α,β-unsaturated/α-hetero) is 2. The van der Waals surface area contributed by atoms with Gasteiger partial charge in [-0.1, -0.05) is 27.7 Å². The molecule has 6 heterocycles. The average Bonchev–Trinajstić information content (AvgIpc) is 1.82. The maximum Gasteiger partial charge on any atom is 0.319 e. The minimum Gasteiger partial charge on any atom is -0.463 e. The molecule has 0 spiro atoms. The van der Waals surface area contributed by atoms with Gasteiger partial charge in [-0.3, -0.25) is 38.7 Å². The van der Waals surface area contributed by atoms with Crippen LogP contribution in [0.2, 0.25) is 0 Å². The van der Waals surface area contributed by atoms with E-state index in [0.29, 0.717) is 64.8 Å². The highest BCUT2D eigenvalue weighted by atomic mass is 16.7. The van der Waals surface area contributed by atoms with Gasteiger partial charge >= 0.3 is 11.9 Å². The summed E-state index contributed by atoms with van der Waals surface area (Å²) in [6.45, 7) is 31.3. The van der Waals surface area contributed by atoms with Crippen LogP contribution < -0.4 is 0 Å². The normalized spacial score (nSPS) is 39.4. The van der Waals surface area contributed by atoms with Crippen LogP contribution in [0.15, 0.2) is 0 Å². The smallest absolute Gasteiger partial charge is 0.319 e. The summed E-state index contributed by atoms with van der Waals surface area (Å²) in [5.74, 6) is -3.26. The molecular formula is C69H125N7O15.